The van der Waals surface area contributed by atoms with Crippen LogP contribution in [0.15, 0.2) is 11.6 Å². The minimum absolute atomic E-state index is 0.453. The lowest BCUT2D eigenvalue weighted by Crippen LogP contribution is -2.18. The van der Waals surface area contributed by atoms with Gasteiger partial charge < -0.3 is 0 Å². The van der Waals surface area contributed by atoms with Crippen LogP contribution in [-0.4, -0.2) is 5.78 Å². The van der Waals surface area contributed by atoms with Gasteiger partial charge in [0.05, 0.1) is 0 Å². The zero-order valence-corrected chi connectivity index (χ0v) is 11.3. The number of hydrogen-bond acceptors (Lipinski definition) is 1. The molecule has 1 heteroatoms. The summed E-state index contributed by atoms with van der Waals surface area (Å²) in [5, 5.41) is 0. The van der Waals surface area contributed by atoms with E-state index in [0.717, 1.165) is 18.8 Å². The number of allylic oxidation sites excluding steroid dienone is 2. The molecule has 1 nitrogen and oxygen atoms in total. The first-order chi connectivity index (χ1) is 7.49. The molecule has 0 saturated carbocycles. The van der Waals surface area contributed by atoms with Crippen LogP contribution >= 0.6 is 0 Å². The molecule has 0 bridgehead atoms. The Morgan fingerprint density at radius 2 is 2.06 bits per heavy atom. The van der Waals surface area contributed by atoms with Crippen molar-refractivity contribution in [2.45, 2.75) is 59.8 Å². The van der Waals surface area contributed by atoms with E-state index in [0.29, 0.717) is 17.6 Å². The van der Waals surface area contributed by atoms with Crippen LogP contribution in [0.25, 0.3) is 0 Å². The normalized spacial score (nSPS) is 23.1. The lowest BCUT2D eigenvalue weighted by Gasteiger charge is -2.26. The summed E-state index contributed by atoms with van der Waals surface area (Å²) >= 11 is 0. The van der Waals surface area contributed by atoms with Crippen molar-refractivity contribution in [1.82, 2.24) is 0 Å². The second-order valence-electron chi connectivity index (χ2n) is 5.90. The summed E-state index contributed by atoms with van der Waals surface area (Å²) in [4.78, 5) is 11.8. The highest BCUT2D eigenvalue weighted by Gasteiger charge is 2.21. The van der Waals surface area contributed by atoms with E-state index in [1.165, 1.54) is 24.8 Å². The standard InChI is InChI=1S/C15H26O/c1-11(2)9-15(16)10-13(4)14-7-5-12(3)6-8-14/h5,11,13-14H,6-10H2,1-4H3/t13-,14-/m0/s1. The Morgan fingerprint density at radius 1 is 1.38 bits per heavy atom. The van der Waals surface area contributed by atoms with E-state index < -0.39 is 0 Å². The topological polar surface area (TPSA) is 17.1 Å². The number of carbonyl (C=O) groups excluding carboxylic acids is 1. The van der Waals surface area contributed by atoms with Gasteiger partial charge in [-0.15, -0.1) is 0 Å². The molecule has 1 rings (SSSR count). The minimum atomic E-state index is 0.453. The van der Waals surface area contributed by atoms with Crippen molar-refractivity contribution in [1.29, 1.82) is 0 Å². The van der Waals surface area contributed by atoms with Gasteiger partial charge in [-0.25, -0.2) is 0 Å². The Morgan fingerprint density at radius 3 is 2.56 bits per heavy atom. The first-order valence-corrected chi connectivity index (χ1v) is 6.66. The molecule has 0 aliphatic heterocycles. The SMILES string of the molecule is CC1=CC[C@H]([C@@H](C)CC(=O)CC(C)C)CC1. The number of Topliss-reactive ketones (excluding diaryl/α,β-unsaturated/α-hetero) is 1. The monoisotopic (exact) mass is 222 g/mol. The predicted octanol–water partition coefficient (Wildman–Crippen LogP) is 4.37. The third-order valence-electron chi connectivity index (χ3n) is 3.67. The van der Waals surface area contributed by atoms with Crippen molar-refractivity contribution >= 4 is 5.78 Å². The number of hydrogen-bond donors (Lipinski definition) is 0. The van der Waals surface area contributed by atoms with E-state index in [2.05, 4.69) is 33.8 Å². The zero-order valence-electron chi connectivity index (χ0n) is 11.3. The van der Waals surface area contributed by atoms with Crippen LogP contribution < -0.4 is 0 Å². The van der Waals surface area contributed by atoms with Gasteiger partial charge in [-0.1, -0.05) is 32.4 Å². The van der Waals surface area contributed by atoms with Gasteiger partial charge in [-0.05, 0) is 43.9 Å². The molecule has 1 aliphatic rings. The smallest absolute Gasteiger partial charge is 0.133 e. The molecule has 2 atom stereocenters. The molecular weight excluding hydrogens is 196 g/mol. The van der Waals surface area contributed by atoms with Crippen molar-refractivity contribution in [3.05, 3.63) is 11.6 Å². The van der Waals surface area contributed by atoms with Crippen LogP contribution in [0.4, 0.5) is 0 Å². The molecule has 0 N–H and O–H groups in total. The summed E-state index contributed by atoms with van der Waals surface area (Å²) in [5.41, 5.74) is 1.52. The Kier molecular flexibility index (Phi) is 5.24. The van der Waals surface area contributed by atoms with Crippen molar-refractivity contribution in [2.24, 2.45) is 17.8 Å². The molecule has 0 unspecified atom stereocenters. The van der Waals surface area contributed by atoms with Crippen LogP contribution in [-0.2, 0) is 4.79 Å². The van der Waals surface area contributed by atoms with Crippen molar-refractivity contribution in [3.8, 4) is 0 Å². The number of ketones is 1. The van der Waals surface area contributed by atoms with E-state index in [1.807, 2.05) is 0 Å². The highest BCUT2D eigenvalue weighted by atomic mass is 16.1. The lowest BCUT2D eigenvalue weighted by molar-refractivity contribution is -0.120. The Labute approximate surface area is 100 Å². The summed E-state index contributed by atoms with van der Waals surface area (Å²) in [6.45, 7) is 8.70. The average Bonchev–Trinajstić information content (AvgIpc) is 2.16. The molecule has 0 radical (unpaired) electrons. The lowest BCUT2D eigenvalue weighted by atomic mass is 9.79. The summed E-state index contributed by atoms with van der Waals surface area (Å²) < 4.78 is 0. The van der Waals surface area contributed by atoms with Gasteiger partial charge in [0, 0.05) is 12.8 Å². The van der Waals surface area contributed by atoms with Gasteiger partial charge in [0.1, 0.15) is 5.78 Å². The Bertz CT molecular complexity index is 263. The van der Waals surface area contributed by atoms with E-state index >= 15 is 0 Å². The first-order valence-electron chi connectivity index (χ1n) is 6.66. The summed E-state index contributed by atoms with van der Waals surface area (Å²) in [6.07, 6.45) is 7.59. The van der Waals surface area contributed by atoms with Gasteiger partial charge in [-0.2, -0.15) is 0 Å². The summed E-state index contributed by atoms with van der Waals surface area (Å²) in [5.74, 6) is 2.26. The highest BCUT2D eigenvalue weighted by Crippen LogP contribution is 2.31. The molecule has 1 aliphatic carbocycles. The van der Waals surface area contributed by atoms with E-state index in [1.54, 1.807) is 0 Å². The molecule has 0 amide bonds. The predicted molar refractivity (Wildman–Crippen MR) is 69.3 cm³/mol. The van der Waals surface area contributed by atoms with Crippen LogP contribution in [0.5, 0.6) is 0 Å². The maximum absolute atomic E-state index is 11.8. The molecule has 0 fully saturated rings. The molecular formula is C15H26O. The molecule has 0 saturated heterocycles. The van der Waals surface area contributed by atoms with Crippen molar-refractivity contribution in [2.75, 3.05) is 0 Å². The molecule has 16 heavy (non-hydrogen) atoms. The maximum Gasteiger partial charge on any atom is 0.133 e. The zero-order chi connectivity index (χ0) is 12.1. The van der Waals surface area contributed by atoms with Crippen LogP contribution in [0, 0.1) is 17.8 Å². The van der Waals surface area contributed by atoms with Gasteiger partial charge >= 0.3 is 0 Å². The average molecular weight is 222 g/mol. The fourth-order valence-corrected chi connectivity index (χ4v) is 2.57. The van der Waals surface area contributed by atoms with Crippen molar-refractivity contribution < 1.29 is 4.79 Å². The third kappa shape index (κ3) is 4.51. The fourth-order valence-electron chi connectivity index (χ4n) is 2.57. The second-order valence-corrected chi connectivity index (χ2v) is 5.90. The maximum atomic E-state index is 11.8. The van der Waals surface area contributed by atoms with Gasteiger partial charge in [0.2, 0.25) is 0 Å². The number of carbonyl (C=O) groups is 1. The van der Waals surface area contributed by atoms with E-state index in [9.17, 15) is 4.79 Å². The molecule has 0 spiro atoms. The van der Waals surface area contributed by atoms with Crippen LogP contribution in [0.1, 0.15) is 59.8 Å². The van der Waals surface area contributed by atoms with E-state index in [4.69, 9.17) is 0 Å². The summed E-state index contributed by atoms with van der Waals surface area (Å²) in [7, 11) is 0. The molecule has 0 aromatic heterocycles. The minimum Gasteiger partial charge on any atom is -0.300 e. The molecule has 92 valence electrons. The van der Waals surface area contributed by atoms with Crippen molar-refractivity contribution in [3.63, 3.8) is 0 Å². The Hall–Kier alpha value is -0.590. The largest absolute Gasteiger partial charge is 0.300 e. The second kappa shape index (κ2) is 6.22. The van der Waals surface area contributed by atoms with Crippen LogP contribution in [0.2, 0.25) is 0 Å². The molecule has 0 heterocycles. The van der Waals surface area contributed by atoms with Gasteiger partial charge in [0.15, 0.2) is 0 Å². The number of rotatable bonds is 5. The first kappa shape index (κ1) is 13.5. The quantitative estimate of drug-likeness (QED) is 0.631. The summed E-state index contributed by atoms with van der Waals surface area (Å²) in [6, 6.07) is 0. The van der Waals surface area contributed by atoms with Gasteiger partial charge in [-0.3, -0.25) is 4.79 Å². The molecule has 0 aromatic rings. The third-order valence-corrected chi connectivity index (χ3v) is 3.67. The van der Waals surface area contributed by atoms with E-state index in [-0.39, 0.29) is 0 Å². The Balaban J connectivity index is 2.35. The fraction of sp³-hybridized carbons (Fsp3) is 0.800. The van der Waals surface area contributed by atoms with Crippen LogP contribution in [0.3, 0.4) is 0 Å². The van der Waals surface area contributed by atoms with Gasteiger partial charge in [0.25, 0.3) is 0 Å². The molecule has 0 aromatic carbocycles. The highest BCUT2D eigenvalue weighted by molar-refractivity contribution is 5.78.